The van der Waals surface area contributed by atoms with E-state index in [1.165, 1.54) is 25.3 Å². The summed E-state index contributed by atoms with van der Waals surface area (Å²) in [6, 6.07) is 3.19. The van der Waals surface area contributed by atoms with Crippen LogP contribution in [0.4, 0.5) is 17.3 Å². The van der Waals surface area contributed by atoms with Gasteiger partial charge < -0.3 is 10.6 Å². The van der Waals surface area contributed by atoms with E-state index < -0.39 is 4.92 Å². The molecule has 0 amide bonds. The monoisotopic (exact) mass is 405 g/mol. The molecule has 2 N–H and O–H groups in total. The van der Waals surface area contributed by atoms with Crippen molar-refractivity contribution >= 4 is 33.3 Å². The van der Waals surface area contributed by atoms with Gasteiger partial charge in [-0.3, -0.25) is 10.1 Å². The number of nitrogen functional groups attached to an aromatic ring is 1. The predicted octanol–water partition coefficient (Wildman–Crippen LogP) is 4.02. The van der Waals surface area contributed by atoms with Gasteiger partial charge in [0, 0.05) is 41.6 Å². The lowest BCUT2D eigenvalue weighted by Gasteiger charge is -2.31. The van der Waals surface area contributed by atoms with Gasteiger partial charge in [-0.25, -0.2) is 9.97 Å². The van der Waals surface area contributed by atoms with Crippen LogP contribution in [0.3, 0.4) is 0 Å². The van der Waals surface area contributed by atoms with E-state index in [1.807, 2.05) is 0 Å². The standard InChI is InChI=1S/C17H20BrN5O2/c1-2-11-3-5-22(6-4-11)17-20-9-13(10-21-17)12-7-14(18)16(19)15(8-12)23(24)25/h7-11H,2-6,19H2,1H3. The summed E-state index contributed by atoms with van der Waals surface area (Å²) in [6.45, 7) is 4.17. The molecule has 0 atom stereocenters. The van der Waals surface area contributed by atoms with Crippen LogP contribution in [0.15, 0.2) is 29.0 Å². The number of hydrogen-bond donors (Lipinski definition) is 1. The van der Waals surface area contributed by atoms with Gasteiger partial charge in [0.25, 0.3) is 5.69 Å². The second-order valence-electron chi connectivity index (χ2n) is 6.26. The molecular weight excluding hydrogens is 386 g/mol. The molecule has 0 saturated carbocycles. The normalized spacial score (nSPS) is 15.4. The van der Waals surface area contributed by atoms with Gasteiger partial charge in [0.15, 0.2) is 0 Å². The lowest BCUT2D eigenvalue weighted by Crippen LogP contribution is -2.34. The smallest absolute Gasteiger partial charge is 0.293 e. The molecule has 7 nitrogen and oxygen atoms in total. The van der Waals surface area contributed by atoms with Crippen molar-refractivity contribution in [3.8, 4) is 11.1 Å². The van der Waals surface area contributed by atoms with Crippen molar-refractivity contribution in [3.63, 3.8) is 0 Å². The third kappa shape index (κ3) is 3.73. The fourth-order valence-electron chi connectivity index (χ4n) is 3.10. The molecule has 0 radical (unpaired) electrons. The average molecular weight is 406 g/mol. The third-order valence-electron chi connectivity index (χ3n) is 4.75. The maximum atomic E-state index is 11.1. The second kappa shape index (κ2) is 7.35. The van der Waals surface area contributed by atoms with E-state index in [2.05, 4.69) is 37.7 Å². The van der Waals surface area contributed by atoms with Gasteiger partial charge in [-0.1, -0.05) is 13.3 Å². The fourth-order valence-corrected chi connectivity index (χ4v) is 3.55. The summed E-state index contributed by atoms with van der Waals surface area (Å²) in [4.78, 5) is 21.7. The zero-order valence-electron chi connectivity index (χ0n) is 14.0. The number of nitrogens with zero attached hydrogens (tertiary/aromatic N) is 4. The molecule has 2 aromatic rings. The zero-order valence-corrected chi connectivity index (χ0v) is 15.6. The van der Waals surface area contributed by atoms with Gasteiger partial charge in [0.05, 0.1) is 4.92 Å². The van der Waals surface area contributed by atoms with E-state index >= 15 is 0 Å². The second-order valence-corrected chi connectivity index (χ2v) is 7.11. The average Bonchev–Trinajstić information content (AvgIpc) is 2.64. The Bertz CT molecular complexity index is 773. The molecule has 1 fully saturated rings. The first-order valence-corrected chi connectivity index (χ1v) is 9.09. The number of nitro groups is 1. The molecule has 0 unspecified atom stereocenters. The number of halogens is 1. The third-order valence-corrected chi connectivity index (χ3v) is 5.41. The Morgan fingerprint density at radius 2 is 1.92 bits per heavy atom. The fraction of sp³-hybridized carbons (Fsp3) is 0.412. The minimum Gasteiger partial charge on any atom is -0.392 e. The van der Waals surface area contributed by atoms with Gasteiger partial charge in [0.1, 0.15) is 5.69 Å². The van der Waals surface area contributed by atoms with Crippen LogP contribution in [0.25, 0.3) is 11.1 Å². The Hall–Kier alpha value is -2.22. The van der Waals surface area contributed by atoms with Crippen molar-refractivity contribution in [2.75, 3.05) is 23.7 Å². The van der Waals surface area contributed by atoms with Gasteiger partial charge in [-0.15, -0.1) is 0 Å². The van der Waals surface area contributed by atoms with Crippen molar-refractivity contribution in [3.05, 3.63) is 39.1 Å². The van der Waals surface area contributed by atoms with Crippen molar-refractivity contribution in [2.24, 2.45) is 5.92 Å². The number of hydrogen-bond acceptors (Lipinski definition) is 6. The van der Waals surface area contributed by atoms with Gasteiger partial charge in [-0.05, 0) is 46.3 Å². The highest BCUT2D eigenvalue weighted by Crippen LogP contribution is 2.35. The minimum atomic E-state index is -0.489. The van der Waals surface area contributed by atoms with Crippen molar-refractivity contribution < 1.29 is 4.92 Å². The molecule has 0 aliphatic carbocycles. The first-order chi connectivity index (χ1) is 12.0. The number of piperidine rings is 1. The number of nitrogens with two attached hydrogens (primary N) is 1. The molecule has 132 valence electrons. The number of nitro benzene ring substituents is 1. The highest BCUT2D eigenvalue weighted by molar-refractivity contribution is 9.10. The van der Waals surface area contributed by atoms with Gasteiger partial charge >= 0.3 is 0 Å². The first kappa shape index (κ1) is 17.6. The molecule has 25 heavy (non-hydrogen) atoms. The Labute approximate surface area is 154 Å². The van der Waals surface area contributed by atoms with Gasteiger partial charge in [-0.2, -0.15) is 0 Å². The van der Waals surface area contributed by atoms with Crippen LogP contribution in [0.1, 0.15) is 26.2 Å². The molecule has 0 spiro atoms. The highest BCUT2D eigenvalue weighted by atomic mass is 79.9. The van der Waals surface area contributed by atoms with Crippen LogP contribution in [-0.2, 0) is 0 Å². The van der Waals surface area contributed by atoms with E-state index in [9.17, 15) is 10.1 Å². The first-order valence-electron chi connectivity index (χ1n) is 8.30. The van der Waals surface area contributed by atoms with Gasteiger partial charge in [0.2, 0.25) is 5.95 Å². The Kier molecular flexibility index (Phi) is 5.17. The maximum absolute atomic E-state index is 11.1. The van der Waals surface area contributed by atoms with E-state index in [-0.39, 0.29) is 11.4 Å². The molecule has 0 bridgehead atoms. The lowest BCUT2D eigenvalue weighted by atomic mass is 9.95. The number of aromatic nitrogens is 2. The molecule has 1 aliphatic heterocycles. The summed E-state index contributed by atoms with van der Waals surface area (Å²) in [5.74, 6) is 1.51. The van der Waals surface area contributed by atoms with E-state index in [0.717, 1.165) is 24.6 Å². The van der Waals surface area contributed by atoms with Crippen LogP contribution < -0.4 is 10.6 Å². The summed E-state index contributed by atoms with van der Waals surface area (Å²) in [7, 11) is 0. The molecule has 1 aliphatic rings. The molecule has 1 aromatic heterocycles. The molecular formula is C17H20BrN5O2. The SMILES string of the molecule is CCC1CCN(c2ncc(-c3cc(Br)c(N)c([N+](=O)[O-])c3)cn2)CC1. The summed E-state index contributed by atoms with van der Waals surface area (Å²) in [5, 5.41) is 11.1. The Balaban J connectivity index is 1.82. The number of rotatable bonds is 4. The van der Waals surface area contributed by atoms with Crippen molar-refractivity contribution in [1.82, 2.24) is 9.97 Å². The Morgan fingerprint density at radius 1 is 1.28 bits per heavy atom. The lowest BCUT2D eigenvalue weighted by molar-refractivity contribution is -0.383. The maximum Gasteiger partial charge on any atom is 0.293 e. The van der Waals surface area contributed by atoms with Crippen LogP contribution in [0.2, 0.25) is 0 Å². The van der Waals surface area contributed by atoms with E-state index in [1.54, 1.807) is 18.5 Å². The predicted molar refractivity (Wildman–Crippen MR) is 101 cm³/mol. The van der Waals surface area contributed by atoms with Crippen LogP contribution >= 0.6 is 15.9 Å². The molecule has 1 aromatic carbocycles. The molecule has 2 heterocycles. The van der Waals surface area contributed by atoms with Crippen LogP contribution in [-0.4, -0.2) is 28.0 Å². The minimum absolute atomic E-state index is 0.116. The summed E-state index contributed by atoms with van der Waals surface area (Å²) < 4.78 is 0.488. The molecule has 1 saturated heterocycles. The van der Waals surface area contributed by atoms with Crippen molar-refractivity contribution in [1.29, 1.82) is 0 Å². The largest absolute Gasteiger partial charge is 0.392 e. The summed E-state index contributed by atoms with van der Waals surface area (Å²) in [5.41, 5.74) is 7.11. The van der Waals surface area contributed by atoms with Crippen molar-refractivity contribution in [2.45, 2.75) is 26.2 Å². The number of anilines is 2. The van der Waals surface area contributed by atoms with Crippen LogP contribution in [0.5, 0.6) is 0 Å². The number of benzene rings is 1. The topological polar surface area (TPSA) is 98.2 Å². The highest BCUT2D eigenvalue weighted by Gasteiger charge is 2.20. The molecule has 3 rings (SSSR count). The van der Waals surface area contributed by atoms with E-state index in [4.69, 9.17) is 5.73 Å². The zero-order chi connectivity index (χ0) is 18.0. The summed E-state index contributed by atoms with van der Waals surface area (Å²) >= 11 is 3.27. The quantitative estimate of drug-likeness (QED) is 0.468. The Morgan fingerprint density at radius 3 is 2.48 bits per heavy atom. The van der Waals surface area contributed by atoms with E-state index in [0.29, 0.717) is 16.0 Å². The van der Waals surface area contributed by atoms with Crippen LogP contribution in [0, 0.1) is 16.0 Å². The summed E-state index contributed by atoms with van der Waals surface area (Å²) in [6.07, 6.45) is 6.96. The molecule has 8 heteroatoms.